The second kappa shape index (κ2) is 9.01. The molecule has 0 spiro atoms. The highest BCUT2D eigenvalue weighted by Gasteiger charge is 2.63. The number of anilines is 2. The van der Waals surface area contributed by atoms with Crippen molar-refractivity contribution in [2.45, 2.75) is 97.2 Å². The van der Waals surface area contributed by atoms with Crippen molar-refractivity contribution in [1.82, 2.24) is 0 Å². The van der Waals surface area contributed by atoms with Crippen LogP contribution in [-0.4, -0.2) is 35.0 Å². The second-order valence-electron chi connectivity index (χ2n) is 13.6. The topological polar surface area (TPSA) is 72.8 Å². The lowest BCUT2D eigenvalue weighted by Crippen LogP contribution is -2.58. The molecule has 0 radical (unpaired) electrons. The molecule has 4 aliphatic carbocycles. The van der Waals surface area contributed by atoms with Gasteiger partial charge in [0.25, 0.3) is 0 Å². The molecule has 6 rings (SSSR count). The molecule has 36 heavy (non-hydrogen) atoms. The first-order valence-electron chi connectivity index (χ1n) is 14.7. The first-order chi connectivity index (χ1) is 17.2. The van der Waals surface area contributed by atoms with Gasteiger partial charge >= 0.3 is 0 Å². The summed E-state index contributed by atoms with van der Waals surface area (Å²) in [6, 6.07) is 8.06. The largest absolute Gasteiger partial charge is 0.393 e. The summed E-state index contributed by atoms with van der Waals surface area (Å²) in [6.45, 7) is 7.78. The van der Waals surface area contributed by atoms with Crippen LogP contribution in [0.25, 0.3) is 0 Å². The molecular weight excluding hydrogens is 448 g/mol. The Morgan fingerprint density at radius 1 is 1.08 bits per heavy atom. The molecule has 1 heterocycles. The fraction of sp³-hybridized carbons (Fsp3) is 0.774. The molecule has 5 heteroatoms. The van der Waals surface area contributed by atoms with Crippen LogP contribution in [0.2, 0.25) is 0 Å². The number of fused-ring (bicyclic) bond motifs is 6. The summed E-state index contributed by atoms with van der Waals surface area (Å²) >= 11 is 0. The highest BCUT2D eigenvalue weighted by atomic mass is 16.3. The number of para-hydroxylation sites is 2. The number of aliphatic hydroxyl groups is 2. The number of rotatable bonds is 4. The SMILES string of the molecule is C[C@H](CCC(=O)N1CNc2ccccc21)[C@H]1CC[C@H]2[C@@H]3CC[C@@H]4C[C@H](O)CC[C@]4(C)[C@H]3C[C@H](O)[C@]12C. The normalized spacial score (nSPS) is 44.1. The molecule has 0 unspecified atom stereocenters. The van der Waals surface area contributed by atoms with Gasteiger partial charge in [0.15, 0.2) is 0 Å². The van der Waals surface area contributed by atoms with Crippen LogP contribution in [0, 0.1) is 46.3 Å². The van der Waals surface area contributed by atoms with Gasteiger partial charge < -0.3 is 15.5 Å². The van der Waals surface area contributed by atoms with Gasteiger partial charge in [0, 0.05) is 6.42 Å². The zero-order chi connectivity index (χ0) is 25.2. The molecule has 4 fully saturated rings. The number of hydrogen-bond donors (Lipinski definition) is 3. The Labute approximate surface area is 217 Å². The van der Waals surface area contributed by atoms with E-state index in [0.717, 1.165) is 43.5 Å². The first-order valence-corrected chi connectivity index (χ1v) is 14.7. The fourth-order valence-corrected chi connectivity index (χ4v) is 10.2. The first kappa shape index (κ1) is 24.7. The summed E-state index contributed by atoms with van der Waals surface area (Å²) in [4.78, 5) is 15.0. The van der Waals surface area contributed by atoms with E-state index >= 15 is 0 Å². The molecule has 0 saturated heterocycles. The van der Waals surface area contributed by atoms with Gasteiger partial charge in [-0.15, -0.1) is 0 Å². The summed E-state index contributed by atoms with van der Waals surface area (Å²) < 4.78 is 0. The van der Waals surface area contributed by atoms with Crippen LogP contribution in [0.15, 0.2) is 24.3 Å². The van der Waals surface area contributed by atoms with Gasteiger partial charge in [-0.3, -0.25) is 9.69 Å². The number of carbonyl (C=O) groups is 1. The Morgan fingerprint density at radius 3 is 2.72 bits per heavy atom. The van der Waals surface area contributed by atoms with Crippen molar-refractivity contribution in [2.75, 3.05) is 16.9 Å². The Hall–Kier alpha value is -1.59. The smallest absolute Gasteiger partial charge is 0.228 e. The second-order valence-corrected chi connectivity index (χ2v) is 13.6. The van der Waals surface area contributed by atoms with Crippen LogP contribution in [-0.2, 0) is 4.79 Å². The van der Waals surface area contributed by atoms with E-state index in [4.69, 9.17) is 0 Å². The van der Waals surface area contributed by atoms with E-state index in [0.29, 0.717) is 48.6 Å². The molecule has 10 atom stereocenters. The number of amides is 1. The Morgan fingerprint density at radius 2 is 1.89 bits per heavy atom. The average Bonchev–Trinajstić information content (AvgIpc) is 3.46. The highest BCUT2D eigenvalue weighted by molar-refractivity contribution is 5.99. The van der Waals surface area contributed by atoms with Crippen LogP contribution in [0.3, 0.4) is 0 Å². The lowest BCUT2D eigenvalue weighted by atomic mass is 9.43. The van der Waals surface area contributed by atoms with E-state index in [1.54, 1.807) is 0 Å². The van der Waals surface area contributed by atoms with Gasteiger partial charge in [-0.1, -0.05) is 32.9 Å². The number of carbonyl (C=O) groups excluding carboxylic acids is 1. The van der Waals surface area contributed by atoms with E-state index in [1.165, 1.54) is 25.7 Å². The van der Waals surface area contributed by atoms with Gasteiger partial charge in [0.2, 0.25) is 5.91 Å². The lowest BCUT2D eigenvalue weighted by molar-refractivity contribution is -0.174. The van der Waals surface area contributed by atoms with Crippen molar-refractivity contribution in [3.8, 4) is 0 Å². The van der Waals surface area contributed by atoms with Crippen LogP contribution >= 0.6 is 0 Å². The van der Waals surface area contributed by atoms with E-state index < -0.39 is 0 Å². The van der Waals surface area contributed by atoms with E-state index in [9.17, 15) is 15.0 Å². The lowest BCUT2D eigenvalue weighted by Gasteiger charge is -2.62. The van der Waals surface area contributed by atoms with Crippen molar-refractivity contribution >= 4 is 17.3 Å². The molecule has 1 aromatic rings. The van der Waals surface area contributed by atoms with Crippen LogP contribution in [0.4, 0.5) is 11.4 Å². The maximum Gasteiger partial charge on any atom is 0.228 e. The zero-order valence-electron chi connectivity index (χ0n) is 22.5. The van der Waals surface area contributed by atoms with Crippen molar-refractivity contribution < 1.29 is 15.0 Å². The maximum absolute atomic E-state index is 13.2. The number of nitrogens with one attached hydrogen (secondary N) is 1. The maximum atomic E-state index is 13.2. The van der Waals surface area contributed by atoms with Crippen molar-refractivity contribution in [1.29, 1.82) is 0 Å². The quantitative estimate of drug-likeness (QED) is 0.494. The van der Waals surface area contributed by atoms with E-state index in [2.05, 4.69) is 26.1 Å². The monoisotopic (exact) mass is 494 g/mol. The average molecular weight is 495 g/mol. The number of hydrogen-bond acceptors (Lipinski definition) is 4. The minimum atomic E-state index is -0.258. The molecule has 4 saturated carbocycles. The van der Waals surface area contributed by atoms with Crippen LogP contribution < -0.4 is 10.2 Å². The van der Waals surface area contributed by atoms with E-state index in [1.807, 2.05) is 29.2 Å². The van der Waals surface area contributed by atoms with Gasteiger partial charge in [0.05, 0.1) is 30.3 Å². The minimum absolute atomic E-state index is 0.0389. The Kier molecular flexibility index (Phi) is 6.19. The third-order valence-corrected chi connectivity index (χ3v) is 12.2. The molecule has 1 aliphatic heterocycles. The van der Waals surface area contributed by atoms with Crippen molar-refractivity contribution in [3.05, 3.63) is 24.3 Å². The number of aliphatic hydroxyl groups excluding tert-OH is 2. The fourth-order valence-electron chi connectivity index (χ4n) is 10.2. The van der Waals surface area contributed by atoms with Gasteiger partial charge in [-0.25, -0.2) is 0 Å². The summed E-state index contributed by atoms with van der Waals surface area (Å²) in [5.41, 5.74) is 2.28. The molecule has 1 aromatic carbocycles. The van der Waals surface area contributed by atoms with Gasteiger partial charge in [-0.2, -0.15) is 0 Å². The van der Waals surface area contributed by atoms with Crippen LogP contribution in [0.1, 0.15) is 85.0 Å². The van der Waals surface area contributed by atoms with Crippen LogP contribution in [0.5, 0.6) is 0 Å². The Balaban J connectivity index is 1.14. The van der Waals surface area contributed by atoms with Crippen molar-refractivity contribution in [2.24, 2.45) is 46.3 Å². The summed E-state index contributed by atoms with van der Waals surface area (Å²) in [5, 5.41) is 25.4. The minimum Gasteiger partial charge on any atom is -0.393 e. The summed E-state index contributed by atoms with van der Waals surface area (Å²) in [5.74, 6) is 3.62. The number of benzene rings is 1. The standard InChI is InChI=1S/C31H46N2O3/c1-19(8-13-29(36)33-18-32-26-6-4-5-7-27(26)33)23-11-12-24-22-10-9-20-16-21(34)14-15-30(20,2)25(22)17-28(35)31(23,24)3/h4-7,19-25,28,32,34-35H,8-18H2,1-3H3/t19-,20-,21-,22+,23-,24+,25+,28+,30+,31-/m1/s1. The highest BCUT2D eigenvalue weighted by Crippen LogP contribution is 2.68. The molecule has 0 bridgehead atoms. The molecule has 1 amide bonds. The Bertz CT molecular complexity index is 998. The zero-order valence-corrected chi connectivity index (χ0v) is 22.5. The summed E-state index contributed by atoms with van der Waals surface area (Å²) in [7, 11) is 0. The molecule has 0 aromatic heterocycles. The van der Waals surface area contributed by atoms with Gasteiger partial charge in [-0.05, 0) is 116 Å². The van der Waals surface area contributed by atoms with Crippen molar-refractivity contribution in [3.63, 3.8) is 0 Å². The molecular formula is C31H46N2O3. The van der Waals surface area contributed by atoms with Gasteiger partial charge in [0.1, 0.15) is 0 Å². The molecule has 198 valence electrons. The van der Waals surface area contributed by atoms with E-state index in [-0.39, 0.29) is 28.9 Å². The molecule has 5 nitrogen and oxygen atoms in total. The predicted molar refractivity (Wildman–Crippen MR) is 143 cm³/mol. The summed E-state index contributed by atoms with van der Waals surface area (Å²) in [6.07, 6.45) is 9.94. The molecule has 3 N–H and O–H groups in total. The third-order valence-electron chi connectivity index (χ3n) is 12.2. The molecule has 5 aliphatic rings. The number of nitrogens with zero attached hydrogens (tertiary/aromatic N) is 1. The predicted octanol–water partition coefficient (Wildman–Crippen LogP) is 5.81. The third kappa shape index (κ3) is 3.66.